The highest BCUT2D eigenvalue weighted by atomic mass is 32.1. The minimum absolute atomic E-state index is 0.200. The van der Waals surface area contributed by atoms with Gasteiger partial charge in [0.05, 0.1) is 5.69 Å². The van der Waals surface area contributed by atoms with Crippen molar-refractivity contribution in [2.75, 3.05) is 25.1 Å². The Bertz CT molecular complexity index is 835. The van der Waals surface area contributed by atoms with Gasteiger partial charge in [-0.1, -0.05) is 30.3 Å². The van der Waals surface area contributed by atoms with Gasteiger partial charge >= 0.3 is 6.09 Å². The third-order valence-corrected chi connectivity index (χ3v) is 6.16. The quantitative estimate of drug-likeness (QED) is 0.804. The molecule has 2 aromatic rings. The highest BCUT2D eigenvalue weighted by molar-refractivity contribution is 7.13. The lowest BCUT2D eigenvalue weighted by atomic mass is 9.98. The summed E-state index contributed by atoms with van der Waals surface area (Å²) in [6.45, 7) is 2.24. The number of nitrogens with zero attached hydrogens (tertiary/aromatic N) is 2. The summed E-state index contributed by atoms with van der Waals surface area (Å²) in [4.78, 5) is 31.4. The summed E-state index contributed by atoms with van der Waals surface area (Å²) < 4.78 is 10.8. The standard InChI is InChI=1S/C21H25N3O4S/c25-19(23-20-22-17(14-29-20)16-8-11-27-12-9-16)18-7-4-10-24(18)21(26)28-13-15-5-2-1-3-6-15/h1-3,5-6,14,16,18H,4,7-13H2,(H,22,23,25). The van der Waals surface area contributed by atoms with E-state index in [2.05, 4.69) is 10.3 Å². The van der Waals surface area contributed by atoms with Gasteiger partial charge in [-0.3, -0.25) is 9.69 Å². The van der Waals surface area contributed by atoms with Crippen molar-refractivity contribution in [1.82, 2.24) is 9.88 Å². The predicted octanol–water partition coefficient (Wildman–Crippen LogP) is 3.78. The molecule has 8 heteroatoms. The van der Waals surface area contributed by atoms with Crippen molar-refractivity contribution in [2.45, 2.75) is 44.2 Å². The number of hydrogen-bond donors (Lipinski definition) is 1. The number of hydrogen-bond acceptors (Lipinski definition) is 6. The predicted molar refractivity (Wildman–Crippen MR) is 110 cm³/mol. The van der Waals surface area contributed by atoms with Gasteiger partial charge in [-0.05, 0) is 31.2 Å². The van der Waals surface area contributed by atoms with E-state index >= 15 is 0 Å². The number of carbonyl (C=O) groups excluding carboxylic acids is 2. The van der Waals surface area contributed by atoms with Crippen LogP contribution in [0, 0.1) is 0 Å². The van der Waals surface area contributed by atoms with Crippen LogP contribution in [0.4, 0.5) is 9.93 Å². The topological polar surface area (TPSA) is 80.8 Å². The SMILES string of the molecule is O=C(Nc1nc(C2CCOCC2)cs1)C1CCCN1C(=O)OCc1ccccc1. The van der Waals surface area contributed by atoms with Crippen molar-refractivity contribution in [3.63, 3.8) is 0 Å². The molecule has 154 valence electrons. The number of anilines is 1. The van der Waals surface area contributed by atoms with Crippen LogP contribution in [0.15, 0.2) is 35.7 Å². The van der Waals surface area contributed by atoms with Gasteiger partial charge in [0, 0.05) is 31.1 Å². The normalized spacial score (nSPS) is 19.9. The smallest absolute Gasteiger partial charge is 0.410 e. The number of likely N-dealkylation sites (tertiary alicyclic amines) is 1. The number of benzene rings is 1. The third-order valence-electron chi connectivity index (χ3n) is 5.39. The molecule has 0 aliphatic carbocycles. The van der Waals surface area contributed by atoms with E-state index in [9.17, 15) is 9.59 Å². The molecule has 2 aliphatic rings. The summed E-state index contributed by atoms with van der Waals surface area (Å²) in [5.74, 6) is 0.189. The largest absolute Gasteiger partial charge is 0.445 e. The van der Waals surface area contributed by atoms with E-state index in [1.165, 1.54) is 16.2 Å². The van der Waals surface area contributed by atoms with Crippen molar-refractivity contribution >= 4 is 28.5 Å². The summed E-state index contributed by atoms with van der Waals surface area (Å²) in [6.07, 6.45) is 2.88. The summed E-state index contributed by atoms with van der Waals surface area (Å²) in [7, 11) is 0. The molecule has 29 heavy (non-hydrogen) atoms. The number of amides is 2. The maximum Gasteiger partial charge on any atom is 0.410 e. The Labute approximate surface area is 174 Å². The highest BCUT2D eigenvalue weighted by Gasteiger charge is 2.35. The van der Waals surface area contributed by atoms with Crippen molar-refractivity contribution in [1.29, 1.82) is 0 Å². The molecule has 2 fully saturated rings. The van der Waals surface area contributed by atoms with E-state index < -0.39 is 12.1 Å². The van der Waals surface area contributed by atoms with Crippen molar-refractivity contribution in [3.05, 3.63) is 47.0 Å². The Kier molecular flexibility index (Phi) is 6.41. The van der Waals surface area contributed by atoms with Crippen molar-refractivity contribution < 1.29 is 19.1 Å². The molecule has 0 bridgehead atoms. The lowest BCUT2D eigenvalue weighted by Crippen LogP contribution is -2.43. The van der Waals surface area contributed by atoms with Crippen LogP contribution in [-0.4, -0.2) is 47.7 Å². The molecular weight excluding hydrogens is 390 g/mol. The summed E-state index contributed by atoms with van der Waals surface area (Å²) in [6, 6.07) is 9.00. The number of carbonyl (C=O) groups is 2. The zero-order valence-corrected chi connectivity index (χ0v) is 17.0. The summed E-state index contributed by atoms with van der Waals surface area (Å²) in [5.41, 5.74) is 1.93. The van der Waals surface area contributed by atoms with Crippen LogP contribution in [0.3, 0.4) is 0 Å². The van der Waals surface area contributed by atoms with Gasteiger partial charge in [-0.15, -0.1) is 11.3 Å². The monoisotopic (exact) mass is 415 g/mol. The molecule has 0 spiro atoms. The Morgan fingerprint density at radius 1 is 1.21 bits per heavy atom. The maximum atomic E-state index is 12.8. The van der Waals surface area contributed by atoms with Crippen molar-refractivity contribution in [3.8, 4) is 0 Å². The Morgan fingerprint density at radius 2 is 2.00 bits per heavy atom. The first-order valence-electron chi connectivity index (χ1n) is 10.0. The van der Waals surface area contributed by atoms with Gasteiger partial charge in [0.2, 0.25) is 5.91 Å². The molecule has 1 unspecified atom stereocenters. The van der Waals surface area contributed by atoms with Crippen LogP contribution in [0.2, 0.25) is 0 Å². The molecule has 0 saturated carbocycles. The van der Waals surface area contributed by atoms with Crippen LogP contribution in [-0.2, 0) is 20.9 Å². The first kappa shape index (κ1) is 19.8. The third kappa shape index (κ3) is 4.94. The molecule has 2 saturated heterocycles. The molecular formula is C21H25N3O4S. The first-order valence-corrected chi connectivity index (χ1v) is 10.9. The van der Waals surface area contributed by atoms with E-state index in [0.29, 0.717) is 24.0 Å². The minimum atomic E-state index is -0.520. The molecule has 1 aromatic carbocycles. The van der Waals surface area contributed by atoms with Gasteiger partial charge in [0.15, 0.2) is 5.13 Å². The van der Waals surface area contributed by atoms with Gasteiger partial charge in [0.1, 0.15) is 12.6 Å². The lowest BCUT2D eigenvalue weighted by molar-refractivity contribution is -0.120. The number of ether oxygens (including phenoxy) is 2. The number of thiazole rings is 1. The van der Waals surface area contributed by atoms with Crippen LogP contribution >= 0.6 is 11.3 Å². The van der Waals surface area contributed by atoms with Crippen LogP contribution in [0.1, 0.15) is 42.9 Å². The maximum absolute atomic E-state index is 12.8. The number of rotatable bonds is 5. The summed E-state index contributed by atoms with van der Waals surface area (Å²) >= 11 is 1.43. The molecule has 2 amide bonds. The van der Waals surface area contributed by atoms with Crippen LogP contribution < -0.4 is 5.32 Å². The Morgan fingerprint density at radius 3 is 2.79 bits per heavy atom. The van der Waals surface area contributed by atoms with E-state index in [0.717, 1.165) is 43.7 Å². The zero-order chi connectivity index (χ0) is 20.1. The second-order valence-electron chi connectivity index (χ2n) is 7.35. The fourth-order valence-electron chi connectivity index (χ4n) is 3.77. The number of aromatic nitrogens is 1. The molecule has 7 nitrogen and oxygen atoms in total. The first-order chi connectivity index (χ1) is 14.2. The van der Waals surface area contributed by atoms with E-state index in [1.54, 1.807) is 0 Å². The van der Waals surface area contributed by atoms with Gasteiger partial charge in [-0.2, -0.15) is 0 Å². The number of nitrogens with one attached hydrogen (secondary N) is 1. The minimum Gasteiger partial charge on any atom is -0.445 e. The van der Waals surface area contributed by atoms with E-state index in [-0.39, 0.29) is 12.5 Å². The molecule has 1 aromatic heterocycles. The van der Waals surface area contributed by atoms with Gasteiger partial charge in [0.25, 0.3) is 0 Å². The fourth-order valence-corrected chi connectivity index (χ4v) is 4.57. The molecule has 2 aliphatic heterocycles. The zero-order valence-electron chi connectivity index (χ0n) is 16.2. The lowest BCUT2D eigenvalue weighted by Gasteiger charge is -2.23. The average Bonchev–Trinajstić information content (AvgIpc) is 3.43. The Hall–Kier alpha value is -2.45. The van der Waals surface area contributed by atoms with Crippen LogP contribution in [0.25, 0.3) is 0 Å². The molecule has 3 heterocycles. The average molecular weight is 416 g/mol. The molecule has 0 radical (unpaired) electrons. The van der Waals surface area contributed by atoms with Gasteiger partial charge < -0.3 is 14.8 Å². The second-order valence-corrected chi connectivity index (χ2v) is 8.20. The molecule has 1 atom stereocenters. The summed E-state index contributed by atoms with van der Waals surface area (Å²) in [5, 5.41) is 5.48. The van der Waals surface area contributed by atoms with E-state index in [4.69, 9.17) is 9.47 Å². The second kappa shape index (κ2) is 9.37. The highest BCUT2D eigenvalue weighted by Crippen LogP contribution is 2.30. The van der Waals surface area contributed by atoms with E-state index in [1.807, 2.05) is 35.7 Å². The Balaban J connectivity index is 1.32. The van der Waals surface area contributed by atoms with Crippen LogP contribution in [0.5, 0.6) is 0 Å². The molecule has 1 N–H and O–H groups in total. The fraction of sp³-hybridized carbons (Fsp3) is 0.476. The van der Waals surface area contributed by atoms with Gasteiger partial charge in [-0.25, -0.2) is 9.78 Å². The van der Waals surface area contributed by atoms with Crippen molar-refractivity contribution in [2.24, 2.45) is 0 Å². The molecule has 4 rings (SSSR count).